The molecule has 0 radical (unpaired) electrons. The molecule has 0 fully saturated rings. The molecule has 2 aromatic heterocycles. The number of benzene rings is 1. The Hall–Kier alpha value is -2.34. The van der Waals surface area contributed by atoms with Crippen LogP contribution in [-0.4, -0.2) is 31.0 Å². The third kappa shape index (κ3) is 2.05. The van der Waals surface area contributed by atoms with Gasteiger partial charge in [0.1, 0.15) is 0 Å². The lowest BCUT2D eigenvalue weighted by atomic mass is 10.2. The molecular weight excluding hydrogens is 310 g/mol. The Morgan fingerprint density at radius 2 is 1.87 bits per heavy atom. The first kappa shape index (κ1) is 14.3. The minimum Gasteiger partial charge on any atom is -0.373 e. The van der Waals surface area contributed by atoms with Crippen molar-refractivity contribution in [1.29, 1.82) is 0 Å². The number of rotatable bonds is 2. The van der Waals surface area contributed by atoms with Crippen LogP contribution in [-0.2, 0) is 16.4 Å². The summed E-state index contributed by atoms with van der Waals surface area (Å²) in [5.41, 5.74) is 3.77. The third-order valence-electron chi connectivity index (χ3n) is 4.40. The van der Waals surface area contributed by atoms with Crippen molar-refractivity contribution in [3.63, 3.8) is 0 Å². The monoisotopic (exact) mass is 327 g/mol. The van der Waals surface area contributed by atoms with E-state index in [0.717, 1.165) is 29.6 Å². The minimum absolute atomic E-state index is 0.274. The van der Waals surface area contributed by atoms with Crippen molar-refractivity contribution < 1.29 is 8.42 Å². The fraction of sp³-hybridized carbons (Fsp3) is 0.235. The minimum atomic E-state index is -3.64. The second kappa shape index (κ2) is 4.83. The molecule has 0 amide bonds. The molecule has 0 atom stereocenters. The fourth-order valence-corrected chi connectivity index (χ4v) is 4.44. The van der Waals surface area contributed by atoms with Gasteiger partial charge < -0.3 is 4.90 Å². The van der Waals surface area contributed by atoms with Crippen molar-refractivity contribution in [1.82, 2.24) is 8.96 Å². The molecule has 3 heterocycles. The fourth-order valence-electron chi connectivity index (χ4n) is 3.14. The van der Waals surface area contributed by atoms with E-state index in [1.165, 1.54) is 9.54 Å². The lowest BCUT2D eigenvalue weighted by molar-refractivity contribution is 0.588. The van der Waals surface area contributed by atoms with E-state index in [1.807, 2.05) is 20.0 Å². The normalized spacial score (nSPS) is 14.4. The van der Waals surface area contributed by atoms with Crippen LogP contribution >= 0.6 is 0 Å². The molecule has 3 aromatic rings. The van der Waals surface area contributed by atoms with Crippen molar-refractivity contribution in [2.75, 3.05) is 18.5 Å². The number of likely N-dealkylation sites (N-methyl/N-ethyl adjacent to an activating group) is 1. The summed E-state index contributed by atoms with van der Waals surface area (Å²) in [6.07, 6.45) is 4.34. The maximum absolute atomic E-state index is 12.9. The van der Waals surface area contributed by atoms with Gasteiger partial charge in [-0.05, 0) is 37.1 Å². The summed E-state index contributed by atoms with van der Waals surface area (Å²) in [6.45, 7) is 2.87. The second-order valence-corrected chi connectivity index (χ2v) is 7.79. The van der Waals surface area contributed by atoms with Gasteiger partial charge in [0.2, 0.25) is 0 Å². The Balaban J connectivity index is 1.93. The Labute approximate surface area is 135 Å². The van der Waals surface area contributed by atoms with Gasteiger partial charge in [-0.1, -0.05) is 17.7 Å². The van der Waals surface area contributed by atoms with Crippen molar-refractivity contribution in [3.8, 4) is 0 Å². The van der Waals surface area contributed by atoms with Gasteiger partial charge >= 0.3 is 0 Å². The molecule has 1 aromatic carbocycles. The summed E-state index contributed by atoms with van der Waals surface area (Å²) in [5, 5.41) is 0.887. The quantitative estimate of drug-likeness (QED) is 0.726. The Morgan fingerprint density at radius 1 is 1.13 bits per heavy atom. The molecule has 0 saturated heterocycles. The van der Waals surface area contributed by atoms with Crippen LogP contribution in [0.25, 0.3) is 11.0 Å². The molecule has 6 heteroatoms. The number of hydrogen-bond donors (Lipinski definition) is 0. The first-order valence-electron chi connectivity index (χ1n) is 7.51. The zero-order chi connectivity index (χ0) is 16.2. The average Bonchev–Trinajstić information content (AvgIpc) is 3.11. The highest BCUT2D eigenvalue weighted by Gasteiger charge is 2.25. The summed E-state index contributed by atoms with van der Waals surface area (Å²) in [6, 6.07) is 8.72. The van der Waals surface area contributed by atoms with Gasteiger partial charge in [0.05, 0.1) is 10.6 Å². The predicted molar refractivity (Wildman–Crippen MR) is 90.5 cm³/mol. The molecule has 0 unspecified atom stereocenters. The van der Waals surface area contributed by atoms with E-state index in [9.17, 15) is 8.42 Å². The van der Waals surface area contributed by atoms with Crippen molar-refractivity contribution in [3.05, 3.63) is 53.9 Å². The number of aryl methyl sites for hydroxylation is 1. The van der Waals surface area contributed by atoms with Crippen LogP contribution in [0.15, 0.2) is 47.6 Å². The van der Waals surface area contributed by atoms with E-state index in [4.69, 9.17) is 0 Å². The molecule has 0 saturated carbocycles. The SMILES string of the molecule is Cc1ccc(S(=O)(=O)n2ccc3c4c(cnc32)CCN4C)cc1. The van der Waals surface area contributed by atoms with Gasteiger partial charge in [0, 0.05) is 31.4 Å². The Kier molecular flexibility index (Phi) is 2.99. The topological polar surface area (TPSA) is 55.2 Å². The molecule has 23 heavy (non-hydrogen) atoms. The van der Waals surface area contributed by atoms with Gasteiger partial charge in [-0.3, -0.25) is 0 Å². The van der Waals surface area contributed by atoms with Gasteiger partial charge in [0.25, 0.3) is 10.0 Å². The largest absolute Gasteiger partial charge is 0.373 e. The number of pyridine rings is 1. The molecule has 4 rings (SSSR count). The number of fused-ring (bicyclic) bond motifs is 3. The second-order valence-electron chi connectivity index (χ2n) is 5.97. The van der Waals surface area contributed by atoms with E-state index in [2.05, 4.69) is 9.88 Å². The van der Waals surface area contributed by atoms with Crippen LogP contribution in [0.2, 0.25) is 0 Å². The van der Waals surface area contributed by atoms with Crippen LogP contribution < -0.4 is 4.90 Å². The zero-order valence-corrected chi connectivity index (χ0v) is 13.8. The number of nitrogens with zero attached hydrogens (tertiary/aromatic N) is 3. The molecule has 118 valence electrons. The highest BCUT2D eigenvalue weighted by molar-refractivity contribution is 7.90. The summed E-state index contributed by atoms with van der Waals surface area (Å²) in [4.78, 5) is 6.84. The Morgan fingerprint density at radius 3 is 2.61 bits per heavy atom. The molecule has 1 aliphatic heterocycles. The first-order chi connectivity index (χ1) is 11.0. The first-order valence-corrected chi connectivity index (χ1v) is 8.95. The number of aromatic nitrogens is 2. The van der Waals surface area contributed by atoms with E-state index in [0.29, 0.717) is 5.65 Å². The maximum atomic E-state index is 12.9. The number of anilines is 1. The highest BCUT2D eigenvalue weighted by Crippen LogP contribution is 2.35. The number of hydrogen-bond acceptors (Lipinski definition) is 4. The van der Waals surface area contributed by atoms with Crippen LogP contribution in [0.1, 0.15) is 11.1 Å². The van der Waals surface area contributed by atoms with E-state index < -0.39 is 10.0 Å². The van der Waals surface area contributed by atoms with Crippen LogP contribution in [0.3, 0.4) is 0 Å². The summed E-state index contributed by atoms with van der Waals surface area (Å²) >= 11 is 0. The van der Waals surface area contributed by atoms with Crippen LogP contribution in [0.4, 0.5) is 5.69 Å². The van der Waals surface area contributed by atoms with Gasteiger partial charge in [0.15, 0.2) is 5.65 Å². The Bertz CT molecular complexity index is 1000. The van der Waals surface area contributed by atoms with Crippen molar-refractivity contribution >= 4 is 26.7 Å². The van der Waals surface area contributed by atoms with Crippen molar-refractivity contribution in [2.24, 2.45) is 0 Å². The molecular formula is C17H17N3O2S. The van der Waals surface area contributed by atoms with E-state index in [-0.39, 0.29) is 4.90 Å². The molecule has 1 aliphatic rings. The van der Waals surface area contributed by atoms with Crippen molar-refractivity contribution in [2.45, 2.75) is 18.2 Å². The van der Waals surface area contributed by atoms with Crippen LogP contribution in [0, 0.1) is 6.92 Å². The lowest BCUT2D eigenvalue weighted by Gasteiger charge is -2.13. The molecule has 5 nitrogen and oxygen atoms in total. The maximum Gasteiger partial charge on any atom is 0.269 e. The summed E-state index contributed by atoms with van der Waals surface area (Å²) < 4.78 is 27.1. The highest BCUT2D eigenvalue weighted by atomic mass is 32.2. The molecule has 0 aliphatic carbocycles. The van der Waals surface area contributed by atoms with E-state index >= 15 is 0 Å². The predicted octanol–water partition coefficient (Wildman–Crippen LogP) is 2.57. The summed E-state index contributed by atoms with van der Waals surface area (Å²) in [7, 11) is -1.61. The van der Waals surface area contributed by atoms with Gasteiger partial charge in [-0.25, -0.2) is 17.4 Å². The van der Waals surface area contributed by atoms with Gasteiger partial charge in [-0.15, -0.1) is 0 Å². The molecule has 0 N–H and O–H groups in total. The standard InChI is InChI=1S/C17H17N3O2S/c1-12-3-5-14(6-4-12)23(21,22)20-10-8-15-16-13(7-9-19(16)2)11-18-17(15)20/h3-6,8,10-11H,7,9H2,1-2H3. The molecule has 0 bridgehead atoms. The smallest absolute Gasteiger partial charge is 0.269 e. The average molecular weight is 327 g/mol. The summed E-state index contributed by atoms with van der Waals surface area (Å²) in [5.74, 6) is 0. The zero-order valence-electron chi connectivity index (χ0n) is 13.0. The van der Waals surface area contributed by atoms with Gasteiger partial charge in [-0.2, -0.15) is 0 Å². The molecule has 0 spiro atoms. The van der Waals surface area contributed by atoms with E-state index in [1.54, 1.807) is 36.7 Å². The lowest BCUT2D eigenvalue weighted by Crippen LogP contribution is -2.14. The third-order valence-corrected chi connectivity index (χ3v) is 6.08. The van der Waals surface area contributed by atoms with Crippen LogP contribution in [0.5, 0.6) is 0 Å².